The number of carbonyl (C=O) groups is 1. The zero-order chi connectivity index (χ0) is 16.4. The second-order valence-electron chi connectivity index (χ2n) is 5.69. The fourth-order valence-electron chi connectivity index (χ4n) is 2.93. The van der Waals surface area contributed by atoms with Gasteiger partial charge in [0.15, 0.2) is 5.82 Å². The van der Waals surface area contributed by atoms with Gasteiger partial charge in [0.25, 0.3) is 5.91 Å². The first-order valence-electron chi connectivity index (χ1n) is 7.83. The number of aryl methyl sites for hydroxylation is 1. The number of thiazole rings is 1. The van der Waals surface area contributed by atoms with Crippen LogP contribution < -0.4 is 5.32 Å². The smallest absolute Gasteiger partial charge is 0.263 e. The van der Waals surface area contributed by atoms with Crippen molar-refractivity contribution < 1.29 is 4.79 Å². The molecule has 4 heterocycles. The lowest BCUT2D eigenvalue weighted by Gasteiger charge is -2.15. The monoisotopic (exact) mass is 340 g/mol. The van der Waals surface area contributed by atoms with Crippen molar-refractivity contribution in [2.45, 2.75) is 31.8 Å². The number of nitrogens with zero attached hydrogens (tertiary/aromatic N) is 5. The summed E-state index contributed by atoms with van der Waals surface area (Å²) >= 11 is 1.36. The molecule has 1 aliphatic heterocycles. The van der Waals surface area contributed by atoms with Gasteiger partial charge >= 0.3 is 0 Å². The van der Waals surface area contributed by atoms with E-state index in [0.717, 1.165) is 43.0 Å². The molecule has 0 radical (unpaired) electrons. The number of rotatable bonds is 3. The largest absolute Gasteiger partial charge is 0.348 e. The minimum Gasteiger partial charge on any atom is -0.348 e. The molecule has 1 amide bonds. The highest BCUT2D eigenvalue weighted by Crippen LogP contribution is 2.22. The summed E-state index contributed by atoms with van der Waals surface area (Å²) in [6.07, 6.45) is 7.63. The van der Waals surface area contributed by atoms with Gasteiger partial charge in [0.2, 0.25) is 0 Å². The van der Waals surface area contributed by atoms with E-state index in [-0.39, 0.29) is 11.9 Å². The number of hydrogen-bond donors (Lipinski definition) is 1. The molecule has 122 valence electrons. The minimum atomic E-state index is -0.0467. The molecular formula is C16H16N6OS. The second kappa shape index (κ2) is 6.48. The summed E-state index contributed by atoms with van der Waals surface area (Å²) in [6.45, 7) is 0.785. The van der Waals surface area contributed by atoms with Gasteiger partial charge in [-0.15, -0.1) is 21.5 Å². The van der Waals surface area contributed by atoms with E-state index in [1.807, 2.05) is 12.1 Å². The van der Waals surface area contributed by atoms with Crippen LogP contribution in [0.4, 0.5) is 0 Å². The van der Waals surface area contributed by atoms with E-state index >= 15 is 0 Å². The fraction of sp³-hybridized carbons (Fsp3) is 0.312. The molecular weight excluding hydrogens is 324 g/mol. The van der Waals surface area contributed by atoms with Crippen LogP contribution in [-0.2, 0) is 13.0 Å². The molecule has 1 N–H and O–H groups in total. The number of aromatic nitrogens is 5. The minimum absolute atomic E-state index is 0.0467. The molecule has 8 heteroatoms. The van der Waals surface area contributed by atoms with Crippen molar-refractivity contribution >= 4 is 17.2 Å². The first-order chi connectivity index (χ1) is 11.8. The normalized spacial score (nSPS) is 17.1. The van der Waals surface area contributed by atoms with Gasteiger partial charge in [-0.25, -0.2) is 0 Å². The lowest BCUT2D eigenvalue weighted by molar-refractivity contribution is 0.0937. The van der Waals surface area contributed by atoms with Gasteiger partial charge in [-0.2, -0.15) is 0 Å². The Morgan fingerprint density at radius 1 is 1.21 bits per heavy atom. The molecule has 1 atom stereocenters. The van der Waals surface area contributed by atoms with Crippen LogP contribution in [0.2, 0.25) is 0 Å². The number of amides is 1. The van der Waals surface area contributed by atoms with E-state index in [2.05, 4.69) is 30.0 Å². The Morgan fingerprint density at radius 2 is 2.08 bits per heavy atom. The predicted octanol–water partition coefficient (Wildman–Crippen LogP) is 1.93. The molecule has 4 rings (SSSR count). The van der Waals surface area contributed by atoms with Crippen molar-refractivity contribution in [2.75, 3.05) is 0 Å². The molecule has 0 saturated carbocycles. The summed E-state index contributed by atoms with van der Waals surface area (Å²) in [5, 5.41) is 11.8. The van der Waals surface area contributed by atoms with Crippen LogP contribution >= 0.6 is 11.3 Å². The first-order valence-corrected chi connectivity index (χ1v) is 8.71. The Labute approximate surface area is 142 Å². The van der Waals surface area contributed by atoms with Crippen molar-refractivity contribution in [3.05, 3.63) is 46.9 Å². The van der Waals surface area contributed by atoms with Gasteiger partial charge in [-0.3, -0.25) is 14.8 Å². The Kier molecular flexibility index (Phi) is 4.04. The van der Waals surface area contributed by atoms with E-state index in [9.17, 15) is 4.79 Å². The van der Waals surface area contributed by atoms with Crippen molar-refractivity contribution in [3.8, 4) is 11.4 Å². The number of fused-ring (bicyclic) bond motifs is 1. The number of nitrogens with one attached hydrogen (secondary N) is 1. The molecule has 3 aromatic heterocycles. The Hall–Kier alpha value is -2.61. The Morgan fingerprint density at radius 3 is 2.88 bits per heavy atom. The zero-order valence-corrected chi connectivity index (χ0v) is 13.7. The molecule has 0 aromatic carbocycles. The third kappa shape index (κ3) is 2.92. The van der Waals surface area contributed by atoms with E-state index in [1.165, 1.54) is 11.3 Å². The van der Waals surface area contributed by atoms with Gasteiger partial charge in [-0.05, 0) is 25.0 Å². The van der Waals surface area contributed by atoms with Crippen LogP contribution in [0.3, 0.4) is 0 Å². The maximum atomic E-state index is 12.2. The van der Waals surface area contributed by atoms with Gasteiger partial charge < -0.3 is 9.88 Å². The summed E-state index contributed by atoms with van der Waals surface area (Å²) in [4.78, 5) is 20.9. The summed E-state index contributed by atoms with van der Waals surface area (Å²) in [5.41, 5.74) is 2.68. The molecule has 1 unspecified atom stereocenters. The fourth-order valence-corrected chi connectivity index (χ4v) is 3.45. The second-order valence-corrected chi connectivity index (χ2v) is 6.58. The summed E-state index contributed by atoms with van der Waals surface area (Å²) in [5.74, 6) is 1.78. The summed E-state index contributed by atoms with van der Waals surface area (Å²) in [6, 6.07) is 4.00. The highest BCUT2D eigenvalue weighted by molar-refractivity contribution is 7.11. The van der Waals surface area contributed by atoms with Crippen LogP contribution in [0.5, 0.6) is 0 Å². The topological polar surface area (TPSA) is 85.6 Å². The maximum absolute atomic E-state index is 12.2. The predicted molar refractivity (Wildman–Crippen MR) is 89.6 cm³/mol. The highest BCUT2D eigenvalue weighted by Gasteiger charge is 2.22. The van der Waals surface area contributed by atoms with E-state index in [4.69, 9.17) is 0 Å². The van der Waals surface area contributed by atoms with Gasteiger partial charge in [0.05, 0.1) is 11.7 Å². The summed E-state index contributed by atoms with van der Waals surface area (Å²) < 4.78 is 2.15. The molecule has 0 aliphatic carbocycles. The lowest BCUT2D eigenvalue weighted by atomic mass is 10.1. The van der Waals surface area contributed by atoms with E-state index in [1.54, 1.807) is 24.1 Å². The maximum Gasteiger partial charge on any atom is 0.263 e. The number of carbonyl (C=O) groups excluding carboxylic acids is 1. The van der Waals surface area contributed by atoms with E-state index < -0.39 is 0 Å². The molecule has 0 fully saturated rings. The Bertz CT molecular complexity index is 830. The van der Waals surface area contributed by atoms with Crippen molar-refractivity contribution in [1.82, 2.24) is 30.0 Å². The molecule has 1 aliphatic rings. The molecule has 0 spiro atoms. The average Bonchev–Trinajstić information content (AvgIpc) is 3.24. The van der Waals surface area contributed by atoms with Crippen LogP contribution in [0.25, 0.3) is 11.4 Å². The standard InChI is InChI=1S/C16H16N6OS/c23-16(13-9-18-10-24-13)19-12-1-2-14-20-21-15(22(14)8-5-12)11-3-6-17-7-4-11/h3-4,6-7,9-10,12H,1-2,5,8H2,(H,19,23). The zero-order valence-electron chi connectivity index (χ0n) is 12.9. The number of pyridine rings is 1. The highest BCUT2D eigenvalue weighted by atomic mass is 32.1. The van der Waals surface area contributed by atoms with Crippen molar-refractivity contribution in [3.63, 3.8) is 0 Å². The van der Waals surface area contributed by atoms with Crippen molar-refractivity contribution in [1.29, 1.82) is 0 Å². The van der Waals surface area contributed by atoms with Gasteiger partial charge in [0.1, 0.15) is 10.7 Å². The quantitative estimate of drug-likeness (QED) is 0.787. The first kappa shape index (κ1) is 14.9. The number of hydrogen-bond acceptors (Lipinski definition) is 6. The van der Waals surface area contributed by atoms with Crippen LogP contribution in [-0.4, -0.2) is 36.7 Å². The van der Waals surface area contributed by atoms with Crippen LogP contribution in [0.1, 0.15) is 28.3 Å². The SMILES string of the molecule is O=C(NC1CCc2nnc(-c3ccncc3)n2CC1)c1cncs1. The molecule has 24 heavy (non-hydrogen) atoms. The molecule has 0 bridgehead atoms. The lowest BCUT2D eigenvalue weighted by Crippen LogP contribution is -2.34. The van der Waals surface area contributed by atoms with Gasteiger partial charge in [0, 0.05) is 37.0 Å². The van der Waals surface area contributed by atoms with Crippen LogP contribution in [0, 0.1) is 0 Å². The Balaban J connectivity index is 1.49. The van der Waals surface area contributed by atoms with Crippen molar-refractivity contribution in [2.24, 2.45) is 0 Å². The summed E-state index contributed by atoms with van der Waals surface area (Å²) in [7, 11) is 0. The van der Waals surface area contributed by atoms with Crippen LogP contribution in [0.15, 0.2) is 36.2 Å². The molecule has 7 nitrogen and oxygen atoms in total. The molecule has 3 aromatic rings. The van der Waals surface area contributed by atoms with Gasteiger partial charge in [-0.1, -0.05) is 0 Å². The third-order valence-corrected chi connectivity index (χ3v) is 4.95. The van der Waals surface area contributed by atoms with E-state index in [0.29, 0.717) is 4.88 Å². The third-order valence-electron chi connectivity index (χ3n) is 4.17. The molecule has 0 saturated heterocycles. The average molecular weight is 340 g/mol.